The molecule has 1 amide bonds. The monoisotopic (exact) mass is 381 g/mol. The van der Waals surface area contributed by atoms with E-state index in [2.05, 4.69) is 15.0 Å². The van der Waals surface area contributed by atoms with E-state index in [4.69, 9.17) is 0 Å². The molecule has 0 saturated carbocycles. The molecule has 144 valence electrons. The zero-order valence-electron chi connectivity index (χ0n) is 14.6. The molecule has 7 nitrogen and oxygen atoms in total. The lowest BCUT2D eigenvalue weighted by molar-refractivity contribution is -0.185. The van der Waals surface area contributed by atoms with Crippen LogP contribution in [0.1, 0.15) is 12.5 Å². The van der Waals surface area contributed by atoms with Crippen molar-refractivity contribution in [2.75, 3.05) is 31.1 Å². The van der Waals surface area contributed by atoms with Crippen LogP contribution in [0.5, 0.6) is 0 Å². The van der Waals surface area contributed by atoms with Crippen molar-refractivity contribution in [1.29, 1.82) is 0 Å². The van der Waals surface area contributed by atoms with Crippen molar-refractivity contribution < 1.29 is 18.0 Å². The predicted octanol–water partition coefficient (Wildman–Crippen LogP) is 1.61. The van der Waals surface area contributed by atoms with Gasteiger partial charge in [-0.1, -0.05) is 6.92 Å². The summed E-state index contributed by atoms with van der Waals surface area (Å²) >= 11 is 0. The summed E-state index contributed by atoms with van der Waals surface area (Å²) in [5.74, 6) is -1.04. The van der Waals surface area contributed by atoms with Crippen LogP contribution in [0.3, 0.4) is 0 Å². The van der Waals surface area contributed by atoms with E-state index >= 15 is 0 Å². The molecule has 0 radical (unpaired) electrons. The smallest absolute Gasteiger partial charge is 0.353 e. The minimum absolute atomic E-state index is 0.0828. The number of amides is 1. The summed E-state index contributed by atoms with van der Waals surface area (Å²) in [6.07, 6.45) is -1.31. The number of rotatable bonds is 3. The van der Waals surface area contributed by atoms with E-state index in [1.54, 1.807) is 29.4 Å². The number of carbonyl (C=O) groups is 1. The summed E-state index contributed by atoms with van der Waals surface area (Å²) in [6, 6.07) is 3.40. The summed E-state index contributed by atoms with van der Waals surface area (Å²) in [6.45, 7) is 1.98. The van der Waals surface area contributed by atoms with Gasteiger partial charge in [-0.3, -0.25) is 14.6 Å². The second-order valence-electron chi connectivity index (χ2n) is 6.08. The van der Waals surface area contributed by atoms with E-state index in [-0.39, 0.29) is 31.7 Å². The van der Waals surface area contributed by atoms with Crippen LogP contribution >= 0.6 is 0 Å². The first-order chi connectivity index (χ1) is 12.8. The molecule has 1 aliphatic heterocycles. The number of H-pyrrole nitrogens is 1. The molecule has 27 heavy (non-hydrogen) atoms. The largest absolute Gasteiger partial charge is 0.471 e. The van der Waals surface area contributed by atoms with Crippen molar-refractivity contribution >= 4 is 11.7 Å². The highest BCUT2D eigenvalue weighted by molar-refractivity contribution is 5.82. The molecule has 0 bridgehead atoms. The van der Waals surface area contributed by atoms with E-state index in [1.165, 1.54) is 0 Å². The number of aromatic nitrogens is 3. The third kappa shape index (κ3) is 3.93. The molecule has 1 N–H and O–H groups in total. The maximum Gasteiger partial charge on any atom is 0.471 e. The normalized spacial score (nSPS) is 15.1. The first-order valence-corrected chi connectivity index (χ1v) is 8.46. The standard InChI is InChI=1S/C17H18F3N5O2/c1-2-12-14(22-13(23-15(12)26)11-3-5-21-6-4-11)24-7-9-25(10-8-24)16(27)17(18,19)20/h3-6H,2,7-10H2,1H3,(H,22,23,26). The number of nitrogens with zero attached hydrogens (tertiary/aromatic N) is 4. The Hall–Kier alpha value is -2.91. The molecule has 3 rings (SSSR count). The number of hydrogen-bond acceptors (Lipinski definition) is 5. The molecular formula is C17H18F3N5O2. The molecule has 1 saturated heterocycles. The number of hydrogen-bond donors (Lipinski definition) is 1. The van der Waals surface area contributed by atoms with Gasteiger partial charge in [-0.15, -0.1) is 0 Å². The highest BCUT2D eigenvalue weighted by Crippen LogP contribution is 2.23. The Morgan fingerprint density at radius 2 is 1.81 bits per heavy atom. The number of anilines is 1. The number of nitrogens with one attached hydrogen (secondary N) is 1. The number of pyridine rings is 1. The van der Waals surface area contributed by atoms with E-state index in [0.717, 1.165) is 4.90 Å². The average Bonchev–Trinajstić information content (AvgIpc) is 2.67. The van der Waals surface area contributed by atoms with Crippen LogP contribution in [0.25, 0.3) is 11.4 Å². The van der Waals surface area contributed by atoms with Crippen molar-refractivity contribution in [3.63, 3.8) is 0 Å². The van der Waals surface area contributed by atoms with Crippen LogP contribution in [0.4, 0.5) is 19.0 Å². The number of aromatic amines is 1. The number of carbonyl (C=O) groups excluding carboxylic acids is 1. The number of alkyl halides is 3. The highest BCUT2D eigenvalue weighted by Gasteiger charge is 2.43. The molecule has 0 aliphatic carbocycles. The fourth-order valence-corrected chi connectivity index (χ4v) is 3.01. The Labute approximate surface area is 152 Å². The van der Waals surface area contributed by atoms with E-state index in [1.807, 2.05) is 6.92 Å². The van der Waals surface area contributed by atoms with Crippen molar-refractivity contribution in [1.82, 2.24) is 19.9 Å². The second-order valence-corrected chi connectivity index (χ2v) is 6.08. The Morgan fingerprint density at radius 3 is 2.37 bits per heavy atom. The lowest BCUT2D eigenvalue weighted by atomic mass is 10.2. The summed E-state index contributed by atoms with van der Waals surface area (Å²) in [5.41, 5.74) is 0.850. The highest BCUT2D eigenvalue weighted by atomic mass is 19.4. The van der Waals surface area contributed by atoms with Gasteiger partial charge in [0.2, 0.25) is 0 Å². The van der Waals surface area contributed by atoms with Gasteiger partial charge in [-0.05, 0) is 18.6 Å². The molecule has 0 unspecified atom stereocenters. The van der Waals surface area contributed by atoms with Crippen molar-refractivity contribution in [2.45, 2.75) is 19.5 Å². The van der Waals surface area contributed by atoms with E-state index in [9.17, 15) is 22.8 Å². The maximum atomic E-state index is 12.6. The second kappa shape index (κ2) is 7.37. The lowest BCUT2D eigenvalue weighted by Gasteiger charge is -2.36. The first-order valence-electron chi connectivity index (χ1n) is 8.46. The molecule has 10 heteroatoms. The van der Waals surface area contributed by atoms with Crippen LogP contribution in [0.15, 0.2) is 29.3 Å². The topological polar surface area (TPSA) is 82.2 Å². The molecule has 3 heterocycles. The van der Waals surface area contributed by atoms with Gasteiger partial charge in [0.25, 0.3) is 5.56 Å². The van der Waals surface area contributed by atoms with Gasteiger partial charge in [-0.2, -0.15) is 13.2 Å². The van der Waals surface area contributed by atoms with Gasteiger partial charge in [-0.25, -0.2) is 4.98 Å². The molecule has 1 fully saturated rings. The lowest BCUT2D eigenvalue weighted by Crippen LogP contribution is -2.53. The van der Waals surface area contributed by atoms with Gasteiger partial charge in [0, 0.05) is 44.1 Å². The number of piperazine rings is 1. The van der Waals surface area contributed by atoms with Crippen LogP contribution < -0.4 is 10.5 Å². The van der Waals surface area contributed by atoms with Crippen LogP contribution in [0, 0.1) is 0 Å². The van der Waals surface area contributed by atoms with Crippen molar-refractivity contribution in [3.8, 4) is 11.4 Å². The van der Waals surface area contributed by atoms with Crippen molar-refractivity contribution in [3.05, 3.63) is 40.4 Å². The van der Waals surface area contributed by atoms with Gasteiger partial charge < -0.3 is 14.8 Å². The fraction of sp³-hybridized carbons (Fsp3) is 0.412. The maximum absolute atomic E-state index is 12.6. The molecule has 2 aromatic heterocycles. The minimum Gasteiger partial charge on any atom is -0.353 e. The Bertz CT molecular complexity index is 874. The minimum atomic E-state index is -4.88. The Balaban J connectivity index is 1.88. The van der Waals surface area contributed by atoms with Gasteiger partial charge in [0.15, 0.2) is 0 Å². The molecular weight excluding hydrogens is 363 g/mol. The quantitative estimate of drug-likeness (QED) is 0.874. The first kappa shape index (κ1) is 18.9. The van der Waals surface area contributed by atoms with Gasteiger partial charge in [0.1, 0.15) is 11.6 Å². The zero-order chi connectivity index (χ0) is 19.6. The molecule has 0 spiro atoms. The summed E-state index contributed by atoms with van der Waals surface area (Å²) < 4.78 is 37.8. The van der Waals surface area contributed by atoms with E-state index in [0.29, 0.717) is 29.2 Å². The van der Waals surface area contributed by atoms with Crippen molar-refractivity contribution in [2.24, 2.45) is 0 Å². The number of halogens is 3. The Morgan fingerprint density at radius 1 is 1.19 bits per heavy atom. The van der Waals surface area contributed by atoms with Crippen LogP contribution in [-0.4, -0.2) is 58.1 Å². The van der Waals surface area contributed by atoms with Crippen LogP contribution in [-0.2, 0) is 11.2 Å². The molecule has 0 atom stereocenters. The molecule has 0 aromatic carbocycles. The van der Waals surface area contributed by atoms with Gasteiger partial charge >= 0.3 is 12.1 Å². The summed E-state index contributed by atoms with van der Waals surface area (Å²) in [5, 5.41) is 0. The fourth-order valence-electron chi connectivity index (χ4n) is 3.01. The summed E-state index contributed by atoms with van der Waals surface area (Å²) in [7, 11) is 0. The van der Waals surface area contributed by atoms with Crippen LogP contribution in [0.2, 0.25) is 0 Å². The molecule has 1 aliphatic rings. The van der Waals surface area contributed by atoms with E-state index < -0.39 is 12.1 Å². The third-order valence-corrected chi connectivity index (χ3v) is 4.41. The zero-order valence-corrected chi connectivity index (χ0v) is 14.6. The average molecular weight is 381 g/mol. The molecule has 2 aromatic rings. The van der Waals surface area contributed by atoms with Gasteiger partial charge in [0.05, 0.1) is 5.56 Å². The summed E-state index contributed by atoms with van der Waals surface area (Å²) in [4.78, 5) is 37.6. The predicted molar refractivity (Wildman–Crippen MR) is 92.3 cm³/mol. The third-order valence-electron chi connectivity index (χ3n) is 4.41. The SMILES string of the molecule is CCc1c(N2CCN(C(=O)C(F)(F)F)CC2)nc(-c2ccncc2)[nH]c1=O. The Kier molecular flexibility index (Phi) is 5.15.